The molecule has 0 nitrogen and oxygen atoms in total. The van der Waals surface area contributed by atoms with E-state index in [-0.39, 0.29) is 0 Å². The van der Waals surface area contributed by atoms with E-state index in [4.69, 9.17) is 0 Å². The van der Waals surface area contributed by atoms with Crippen molar-refractivity contribution in [2.24, 2.45) is 0 Å². The van der Waals surface area contributed by atoms with E-state index in [1.54, 1.807) is 0 Å². The zero-order chi connectivity index (χ0) is 3.41. The Balaban J connectivity index is 2.30. The second kappa shape index (κ2) is 3.36. The molecule has 0 heterocycles. The molecule has 2 heteroatoms. The van der Waals surface area contributed by atoms with Crippen molar-refractivity contribution in [3.8, 4) is 0 Å². The predicted octanol–water partition coefficient (Wildman–Crippen LogP) is -0.0448. The van der Waals surface area contributed by atoms with Gasteiger partial charge in [-0.1, -0.05) is 0 Å². The van der Waals surface area contributed by atoms with Gasteiger partial charge in [-0.2, -0.15) is 0 Å². The van der Waals surface area contributed by atoms with Crippen LogP contribution in [0.15, 0.2) is 0 Å². The maximum absolute atomic E-state index is 3.46. The third-order valence-electron chi connectivity index (χ3n) is 0.167. The van der Waals surface area contributed by atoms with E-state index in [1.165, 1.54) is 0 Å². The molecule has 0 spiro atoms. The standard InChI is InChI=1S/C2H6BP/c1-3-2-4/h1-2,4H2. The molecule has 0 aliphatic carbocycles. The molecule has 1 unspecified atom stereocenters. The van der Waals surface area contributed by atoms with Gasteiger partial charge >= 0.3 is 28.7 Å². The van der Waals surface area contributed by atoms with E-state index >= 15 is 0 Å². The second-order valence-corrected chi connectivity index (χ2v) is 0.996. The van der Waals surface area contributed by atoms with Gasteiger partial charge in [0.25, 0.3) is 0 Å². The summed E-state index contributed by atoms with van der Waals surface area (Å²) in [7, 11) is 2.54. The van der Waals surface area contributed by atoms with Crippen LogP contribution >= 0.6 is 9.24 Å². The van der Waals surface area contributed by atoms with E-state index in [2.05, 4.69) is 15.7 Å². The Morgan fingerprint density at radius 3 is 2.25 bits per heavy atom. The van der Waals surface area contributed by atoms with Gasteiger partial charge in [0.05, 0.1) is 0 Å². The van der Waals surface area contributed by atoms with E-state index in [0.717, 1.165) is 6.06 Å². The first-order valence-corrected chi connectivity index (χ1v) is 2.04. The summed E-state index contributed by atoms with van der Waals surface area (Å²) in [6, 6.07) is 1.00. The molecule has 0 aromatic heterocycles. The fraction of sp³-hybridized carbons (Fsp3) is 0.500. The predicted molar refractivity (Wildman–Crippen MR) is 27.5 cm³/mol. The Morgan fingerprint density at radius 1 is 2.00 bits per heavy atom. The first-order chi connectivity index (χ1) is 1.91. The van der Waals surface area contributed by atoms with Gasteiger partial charge in [0.1, 0.15) is 0 Å². The molecular weight excluding hydrogens is 65.8 g/mol. The summed E-state index contributed by atoms with van der Waals surface area (Å²) < 4.78 is 0. The quantitative estimate of drug-likeness (QED) is 0.301. The molecular formula is C2H6BP. The zero-order valence-corrected chi connectivity index (χ0v) is 3.72. The van der Waals surface area contributed by atoms with Gasteiger partial charge in [-0.05, 0) is 0 Å². The molecule has 0 radical (unpaired) electrons. The third kappa shape index (κ3) is 2.36. The summed E-state index contributed by atoms with van der Waals surface area (Å²) in [5.74, 6) is 0. The van der Waals surface area contributed by atoms with Crippen LogP contribution in [0.25, 0.3) is 0 Å². The van der Waals surface area contributed by atoms with Gasteiger partial charge < -0.3 is 0 Å². The molecule has 0 aliphatic heterocycles. The van der Waals surface area contributed by atoms with Crippen LogP contribution in [0.2, 0.25) is 0 Å². The van der Waals surface area contributed by atoms with Crippen LogP contribution in [0.4, 0.5) is 0 Å². The minimum absolute atomic E-state index is 1.00. The Labute approximate surface area is 29.7 Å². The Hall–Kier alpha value is 0.365. The van der Waals surface area contributed by atoms with Crippen molar-refractivity contribution >= 4 is 22.6 Å². The van der Waals surface area contributed by atoms with E-state index < -0.39 is 0 Å². The van der Waals surface area contributed by atoms with Gasteiger partial charge in [0.15, 0.2) is 0 Å². The van der Waals surface area contributed by atoms with Crippen molar-refractivity contribution in [2.75, 3.05) is 6.06 Å². The van der Waals surface area contributed by atoms with Gasteiger partial charge in [-0.3, -0.25) is 0 Å². The SMILES string of the molecule is C=BCP. The summed E-state index contributed by atoms with van der Waals surface area (Å²) in [4.78, 5) is 0. The van der Waals surface area contributed by atoms with Crippen LogP contribution in [0.5, 0.6) is 0 Å². The van der Waals surface area contributed by atoms with Crippen molar-refractivity contribution in [3.05, 3.63) is 0 Å². The first-order valence-electron chi connectivity index (χ1n) is 1.22. The molecule has 0 fully saturated rings. The van der Waals surface area contributed by atoms with Crippen LogP contribution in [-0.4, -0.2) is 19.5 Å². The van der Waals surface area contributed by atoms with Gasteiger partial charge in [0.2, 0.25) is 0 Å². The molecule has 1 atom stereocenters. The van der Waals surface area contributed by atoms with Crippen molar-refractivity contribution < 1.29 is 0 Å². The van der Waals surface area contributed by atoms with Gasteiger partial charge in [0, 0.05) is 0 Å². The van der Waals surface area contributed by atoms with Crippen molar-refractivity contribution in [1.82, 2.24) is 0 Å². The zero-order valence-electron chi connectivity index (χ0n) is 2.57. The average molecular weight is 71.9 g/mol. The molecule has 0 aromatic rings. The summed E-state index contributed by atoms with van der Waals surface area (Å²) >= 11 is 0. The van der Waals surface area contributed by atoms with Crippen molar-refractivity contribution in [2.45, 2.75) is 0 Å². The summed E-state index contributed by atoms with van der Waals surface area (Å²) in [5.41, 5.74) is 0. The number of hydrogen-bond donors (Lipinski definition) is 0. The topological polar surface area (TPSA) is 0 Å². The molecule has 4 heavy (non-hydrogen) atoms. The molecule has 0 rings (SSSR count). The second-order valence-electron chi connectivity index (χ2n) is 0.524. The first kappa shape index (κ1) is 4.36. The van der Waals surface area contributed by atoms with Gasteiger partial charge in [-0.25, -0.2) is 0 Å². The van der Waals surface area contributed by atoms with Crippen molar-refractivity contribution in [1.29, 1.82) is 0 Å². The molecule has 0 bridgehead atoms. The molecule has 22 valence electrons. The summed E-state index contributed by atoms with van der Waals surface area (Å²) in [6.45, 7) is 5.30. The summed E-state index contributed by atoms with van der Waals surface area (Å²) in [6.07, 6.45) is 0. The van der Waals surface area contributed by atoms with Gasteiger partial charge in [-0.15, -0.1) is 0 Å². The van der Waals surface area contributed by atoms with Crippen LogP contribution in [0, 0.1) is 0 Å². The van der Waals surface area contributed by atoms with E-state index in [0.29, 0.717) is 0 Å². The normalized spacial score (nSPS) is 5.25. The van der Waals surface area contributed by atoms with E-state index in [9.17, 15) is 0 Å². The van der Waals surface area contributed by atoms with Crippen LogP contribution in [0.3, 0.4) is 0 Å². The Kier molecular flexibility index (Phi) is 3.67. The molecule has 0 aliphatic rings. The Morgan fingerprint density at radius 2 is 2.25 bits per heavy atom. The fourth-order valence-corrected chi connectivity index (χ4v) is 0. The van der Waals surface area contributed by atoms with Crippen LogP contribution in [-0.2, 0) is 0 Å². The van der Waals surface area contributed by atoms with Crippen molar-refractivity contribution in [3.63, 3.8) is 0 Å². The molecule has 0 aromatic carbocycles. The molecule has 0 saturated carbocycles. The Bertz CT molecular complexity index is 20.0. The molecule has 0 saturated heterocycles. The summed E-state index contributed by atoms with van der Waals surface area (Å²) in [5, 5.41) is 0. The van der Waals surface area contributed by atoms with Crippen LogP contribution < -0.4 is 0 Å². The molecule has 0 N–H and O–H groups in total. The third-order valence-corrected chi connectivity index (χ3v) is 0.500. The fourth-order valence-electron chi connectivity index (χ4n) is 0. The number of rotatable bonds is 1. The molecule has 0 amide bonds. The van der Waals surface area contributed by atoms with Crippen LogP contribution in [0.1, 0.15) is 0 Å². The minimum atomic E-state index is 1.00. The maximum atomic E-state index is 3.46. The number of hydrogen-bond acceptors (Lipinski definition) is 0. The average Bonchev–Trinajstić information content (AvgIpc) is 1.37. The monoisotopic (exact) mass is 72.0 g/mol. The van der Waals surface area contributed by atoms with E-state index in [1.807, 2.05) is 6.92 Å².